The number of hydrogen-bond acceptors (Lipinski definition) is 1. The number of hydrogen-bond donors (Lipinski definition) is 0. The zero-order chi connectivity index (χ0) is 12.7. The summed E-state index contributed by atoms with van der Waals surface area (Å²) in [4.78, 5) is 0. The maximum atomic E-state index is 5.89. The Kier molecular flexibility index (Phi) is 2.62. The van der Waals surface area contributed by atoms with Crippen molar-refractivity contribution in [1.82, 2.24) is 0 Å². The molecule has 0 saturated heterocycles. The monoisotopic (exact) mass is 237 g/mol. The molecule has 3 rings (SSSR count). The Bertz CT molecular complexity index is 599. The topological polar surface area (TPSA) is 9.23 Å². The van der Waals surface area contributed by atoms with E-state index in [4.69, 9.17) is 4.74 Å². The van der Waals surface area contributed by atoms with E-state index in [1.165, 1.54) is 27.8 Å². The fourth-order valence-electron chi connectivity index (χ4n) is 2.67. The highest BCUT2D eigenvalue weighted by atomic mass is 16.5. The third-order valence-electron chi connectivity index (χ3n) is 3.48. The molecule has 1 unspecified atom stereocenters. The van der Waals surface area contributed by atoms with Gasteiger partial charge < -0.3 is 4.74 Å². The number of aryl methyl sites for hydroxylation is 2. The van der Waals surface area contributed by atoms with Gasteiger partial charge in [-0.15, -0.1) is 0 Å². The van der Waals surface area contributed by atoms with E-state index in [2.05, 4.69) is 57.2 Å². The zero-order valence-corrected chi connectivity index (χ0v) is 10.9. The minimum atomic E-state index is 0.0459. The second kappa shape index (κ2) is 4.16. The molecule has 1 nitrogen and oxygen atoms in total. The molecular formula is C17H17O. The van der Waals surface area contributed by atoms with Crippen molar-refractivity contribution < 1.29 is 4.74 Å². The van der Waals surface area contributed by atoms with Crippen molar-refractivity contribution >= 4 is 0 Å². The lowest BCUT2D eigenvalue weighted by Gasteiger charge is -2.12. The highest BCUT2D eigenvalue weighted by Crippen LogP contribution is 2.40. The summed E-state index contributed by atoms with van der Waals surface area (Å²) >= 11 is 0. The average molecular weight is 237 g/mol. The van der Waals surface area contributed by atoms with Gasteiger partial charge in [-0.25, -0.2) is 0 Å². The van der Waals surface area contributed by atoms with E-state index >= 15 is 0 Å². The van der Waals surface area contributed by atoms with Crippen molar-refractivity contribution in [3.63, 3.8) is 0 Å². The Hall–Kier alpha value is -1.76. The molecule has 0 bridgehead atoms. The molecule has 0 saturated carbocycles. The first-order valence-corrected chi connectivity index (χ1v) is 6.34. The smallest absolute Gasteiger partial charge is 0.130 e. The van der Waals surface area contributed by atoms with Crippen LogP contribution in [0.5, 0.6) is 5.75 Å². The van der Waals surface area contributed by atoms with E-state index < -0.39 is 0 Å². The van der Waals surface area contributed by atoms with Crippen LogP contribution in [-0.4, -0.2) is 6.10 Å². The minimum absolute atomic E-state index is 0.0459. The lowest BCUT2D eigenvalue weighted by atomic mass is 9.95. The fourth-order valence-corrected chi connectivity index (χ4v) is 2.67. The highest BCUT2D eigenvalue weighted by molar-refractivity contribution is 5.76. The van der Waals surface area contributed by atoms with Crippen LogP contribution in [0.2, 0.25) is 0 Å². The van der Waals surface area contributed by atoms with Gasteiger partial charge in [-0.05, 0) is 49.1 Å². The van der Waals surface area contributed by atoms with Crippen molar-refractivity contribution in [2.75, 3.05) is 0 Å². The lowest BCUT2D eigenvalue weighted by molar-refractivity contribution is 0.282. The molecule has 1 atom stereocenters. The summed E-state index contributed by atoms with van der Waals surface area (Å²) in [5.74, 6) is 1.02. The predicted octanol–water partition coefficient (Wildman–Crippen LogP) is 4.11. The van der Waals surface area contributed by atoms with Crippen LogP contribution in [0, 0.1) is 20.8 Å². The van der Waals surface area contributed by atoms with Crippen molar-refractivity contribution in [1.29, 1.82) is 0 Å². The Morgan fingerprint density at radius 2 is 1.89 bits per heavy atom. The molecule has 2 aromatic rings. The van der Waals surface area contributed by atoms with Gasteiger partial charge >= 0.3 is 0 Å². The molecule has 18 heavy (non-hydrogen) atoms. The van der Waals surface area contributed by atoms with Gasteiger partial charge in [0, 0.05) is 12.0 Å². The lowest BCUT2D eigenvalue weighted by Crippen LogP contribution is -2.06. The van der Waals surface area contributed by atoms with Crippen LogP contribution >= 0.6 is 0 Å². The molecule has 0 fully saturated rings. The first-order chi connectivity index (χ1) is 8.65. The summed E-state index contributed by atoms with van der Waals surface area (Å²) in [6.45, 7) is 8.29. The Morgan fingerprint density at radius 3 is 2.67 bits per heavy atom. The Balaban J connectivity index is 2.22. The molecular weight excluding hydrogens is 220 g/mol. The standard InChI is InChI=1S/C17H17O/c1-11-8-14-10-13(3)18-17(14)16(9-11)15-7-5-4-6-12(15)2/h4-9,13H,3,10H2,1-2H3. The maximum Gasteiger partial charge on any atom is 0.130 e. The van der Waals surface area contributed by atoms with Gasteiger partial charge in [-0.1, -0.05) is 30.3 Å². The molecule has 2 aromatic carbocycles. The number of ether oxygens (including phenoxy) is 1. The second-order valence-corrected chi connectivity index (χ2v) is 5.06. The molecule has 1 heterocycles. The van der Waals surface area contributed by atoms with Crippen molar-refractivity contribution in [2.45, 2.75) is 26.4 Å². The minimum Gasteiger partial charge on any atom is -0.489 e. The van der Waals surface area contributed by atoms with Crippen LogP contribution in [0.1, 0.15) is 16.7 Å². The van der Waals surface area contributed by atoms with Gasteiger partial charge in [-0.3, -0.25) is 0 Å². The van der Waals surface area contributed by atoms with E-state index in [0.29, 0.717) is 0 Å². The van der Waals surface area contributed by atoms with Crippen LogP contribution in [0.3, 0.4) is 0 Å². The molecule has 1 heteroatoms. The summed E-state index contributed by atoms with van der Waals surface area (Å²) in [6, 6.07) is 12.9. The zero-order valence-electron chi connectivity index (χ0n) is 10.9. The number of fused-ring (bicyclic) bond motifs is 1. The maximum absolute atomic E-state index is 5.89. The first kappa shape index (κ1) is 11.3. The van der Waals surface area contributed by atoms with Crippen LogP contribution in [0.15, 0.2) is 36.4 Å². The fraction of sp³-hybridized carbons (Fsp3) is 0.235. The summed E-state index contributed by atoms with van der Waals surface area (Å²) < 4.78 is 5.89. The molecule has 0 amide bonds. The van der Waals surface area contributed by atoms with Gasteiger partial charge in [0.25, 0.3) is 0 Å². The summed E-state index contributed by atoms with van der Waals surface area (Å²) in [5, 5.41) is 0. The summed E-state index contributed by atoms with van der Waals surface area (Å²) in [6.07, 6.45) is 0.958. The van der Waals surface area contributed by atoms with Gasteiger partial charge in [0.1, 0.15) is 11.9 Å². The van der Waals surface area contributed by atoms with Gasteiger partial charge in [0.05, 0.1) is 0 Å². The molecule has 0 aromatic heterocycles. The van der Waals surface area contributed by atoms with Crippen molar-refractivity contribution in [3.8, 4) is 16.9 Å². The molecule has 91 valence electrons. The molecule has 1 aliphatic rings. The molecule has 0 aliphatic carbocycles. The van der Waals surface area contributed by atoms with Gasteiger partial charge in [0.2, 0.25) is 0 Å². The average Bonchev–Trinajstić information content (AvgIpc) is 2.69. The van der Waals surface area contributed by atoms with Crippen molar-refractivity contribution in [2.24, 2.45) is 0 Å². The predicted molar refractivity (Wildman–Crippen MR) is 74.8 cm³/mol. The summed E-state index contributed by atoms with van der Waals surface area (Å²) in [7, 11) is 0. The van der Waals surface area contributed by atoms with Crippen LogP contribution in [0.4, 0.5) is 0 Å². The van der Waals surface area contributed by atoms with Crippen LogP contribution in [-0.2, 0) is 6.42 Å². The molecule has 1 aliphatic heterocycles. The SMILES string of the molecule is [CH2]C1Cc2cc(C)cc(-c3ccccc3C)c2O1. The van der Waals surface area contributed by atoms with Crippen LogP contribution in [0.25, 0.3) is 11.1 Å². The highest BCUT2D eigenvalue weighted by Gasteiger charge is 2.23. The molecule has 0 spiro atoms. The van der Waals surface area contributed by atoms with Gasteiger partial charge in [0.15, 0.2) is 0 Å². The van der Waals surface area contributed by atoms with E-state index in [1.54, 1.807) is 0 Å². The normalized spacial score (nSPS) is 17.4. The van der Waals surface area contributed by atoms with E-state index in [0.717, 1.165) is 12.2 Å². The molecule has 0 N–H and O–H groups in total. The van der Waals surface area contributed by atoms with Gasteiger partial charge in [-0.2, -0.15) is 0 Å². The largest absolute Gasteiger partial charge is 0.489 e. The number of rotatable bonds is 1. The Morgan fingerprint density at radius 1 is 1.11 bits per heavy atom. The quantitative estimate of drug-likeness (QED) is 0.725. The van der Waals surface area contributed by atoms with E-state index in [1.807, 2.05) is 0 Å². The molecule has 1 radical (unpaired) electrons. The van der Waals surface area contributed by atoms with Crippen LogP contribution < -0.4 is 4.74 Å². The third-order valence-corrected chi connectivity index (χ3v) is 3.48. The first-order valence-electron chi connectivity index (χ1n) is 6.34. The number of benzene rings is 2. The summed E-state index contributed by atoms with van der Waals surface area (Å²) in [5.41, 5.74) is 6.31. The van der Waals surface area contributed by atoms with Crippen molar-refractivity contribution in [3.05, 3.63) is 60.0 Å². The third kappa shape index (κ3) is 1.80. The van der Waals surface area contributed by atoms with E-state index in [9.17, 15) is 0 Å². The Labute approximate surface area is 108 Å². The van der Waals surface area contributed by atoms with E-state index in [-0.39, 0.29) is 6.10 Å². The second-order valence-electron chi connectivity index (χ2n) is 5.06.